The van der Waals surface area contributed by atoms with Gasteiger partial charge in [0.05, 0.1) is 0 Å². The third-order valence-corrected chi connectivity index (χ3v) is 2.69. The molecule has 0 unspecified atom stereocenters. The van der Waals surface area contributed by atoms with Crippen LogP contribution < -0.4 is 0 Å². The summed E-state index contributed by atoms with van der Waals surface area (Å²) in [6, 6.07) is 10.4. The molecule has 0 amide bonds. The average Bonchev–Trinajstić information content (AvgIpc) is 2.30. The predicted octanol–water partition coefficient (Wildman–Crippen LogP) is 3.87. The molecule has 0 saturated heterocycles. The number of aromatic nitrogens is 1. The fourth-order valence-electron chi connectivity index (χ4n) is 1.62. The zero-order valence-corrected chi connectivity index (χ0v) is 9.64. The van der Waals surface area contributed by atoms with E-state index in [0.29, 0.717) is 0 Å². The molecule has 1 aromatic carbocycles. The molecule has 16 heavy (non-hydrogen) atoms. The van der Waals surface area contributed by atoms with Crippen LogP contribution in [0.1, 0.15) is 22.3 Å². The fraction of sp³-hybridized carbons (Fsp3) is 0.133. The number of pyridine rings is 1. The maximum absolute atomic E-state index is 4.08. The van der Waals surface area contributed by atoms with Crippen molar-refractivity contribution in [3.05, 3.63) is 65.0 Å². The number of aryl methyl sites for hydroxylation is 2. The third kappa shape index (κ3) is 2.37. The quantitative estimate of drug-likeness (QED) is 0.731. The Kier molecular flexibility index (Phi) is 3.16. The smallest absolute Gasteiger partial charge is 0.0303 e. The van der Waals surface area contributed by atoms with E-state index in [0.717, 1.165) is 0 Å². The van der Waals surface area contributed by atoms with E-state index < -0.39 is 0 Å². The third-order valence-electron chi connectivity index (χ3n) is 2.69. The van der Waals surface area contributed by atoms with E-state index in [1.165, 1.54) is 22.3 Å². The van der Waals surface area contributed by atoms with Crippen LogP contribution in [-0.2, 0) is 0 Å². The Balaban J connectivity index is 2.29. The molecular formula is C15H15N. The Hall–Kier alpha value is -1.89. The van der Waals surface area contributed by atoms with Gasteiger partial charge in [-0.2, -0.15) is 0 Å². The molecule has 0 N–H and O–H groups in total. The van der Waals surface area contributed by atoms with Crippen molar-refractivity contribution in [2.45, 2.75) is 13.8 Å². The van der Waals surface area contributed by atoms with Gasteiger partial charge in [0.15, 0.2) is 0 Å². The van der Waals surface area contributed by atoms with Crippen molar-refractivity contribution in [1.82, 2.24) is 4.98 Å². The van der Waals surface area contributed by atoms with Crippen LogP contribution in [0, 0.1) is 13.8 Å². The second-order valence-corrected chi connectivity index (χ2v) is 3.92. The second kappa shape index (κ2) is 4.75. The van der Waals surface area contributed by atoms with Gasteiger partial charge in [-0.25, -0.2) is 0 Å². The van der Waals surface area contributed by atoms with Crippen molar-refractivity contribution < 1.29 is 0 Å². The molecule has 0 aliphatic heterocycles. The first kappa shape index (κ1) is 10.6. The van der Waals surface area contributed by atoms with Crippen molar-refractivity contribution in [3.63, 3.8) is 0 Å². The first-order chi connectivity index (χ1) is 7.77. The van der Waals surface area contributed by atoms with Gasteiger partial charge in [-0.3, -0.25) is 4.98 Å². The predicted molar refractivity (Wildman–Crippen MR) is 69.1 cm³/mol. The van der Waals surface area contributed by atoms with Crippen molar-refractivity contribution in [2.24, 2.45) is 0 Å². The highest BCUT2D eigenvalue weighted by atomic mass is 14.6. The van der Waals surface area contributed by atoms with Crippen LogP contribution in [0.4, 0.5) is 0 Å². The first-order valence-electron chi connectivity index (χ1n) is 5.42. The molecular weight excluding hydrogens is 194 g/mol. The van der Waals surface area contributed by atoms with Gasteiger partial charge in [0.1, 0.15) is 0 Å². The second-order valence-electron chi connectivity index (χ2n) is 3.92. The Labute approximate surface area is 96.5 Å². The highest BCUT2D eigenvalue weighted by molar-refractivity contribution is 5.72. The number of rotatable bonds is 2. The normalized spacial score (nSPS) is 10.9. The molecule has 2 aromatic rings. The van der Waals surface area contributed by atoms with Crippen LogP contribution >= 0.6 is 0 Å². The lowest BCUT2D eigenvalue weighted by Crippen LogP contribution is -1.82. The summed E-state index contributed by atoms with van der Waals surface area (Å²) in [5.41, 5.74) is 4.98. The topological polar surface area (TPSA) is 12.9 Å². The van der Waals surface area contributed by atoms with Crippen LogP contribution in [0.15, 0.2) is 42.7 Å². The van der Waals surface area contributed by atoms with E-state index in [-0.39, 0.29) is 0 Å². The largest absolute Gasteiger partial charge is 0.264 e. The van der Waals surface area contributed by atoms with Gasteiger partial charge < -0.3 is 0 Å². The highest BCUT2D eigenvalue weighted by Gasteiger charge is 1.94. The number of hydrogen-bond donors (Lipinski definition) is 0. The molecule has 0 saturated carbocycles. The van der Waals surface area contributed by atoms with Crippen LogP contribution in [0.25, 0.3) is 12.2 Å². The summed E-state index contributed by atoms with van der Waals surface area (Å²) in [7, 11) is 0. The standard InChI is InChI=1S/C15H15N/c1-12-5-3-4-6-14(12)7-8-15-9-10-16-11-13(15)2/h3-11H,1-2H3/b8-7-. The van der Waals surface area contributed by atoms with Crippen LogP contribution in [-0.4, -0.2) is 4.98 Å². The maximum Gasteiger partial charge on any atom is 0.0303 e. The summed E-state index contributed by atoms with van der Waals surface area (Å²) in [6.45, 7) is 4.20. The summed E-state index contributed by atoms with van der Waals surface area (Å²) in [4.78, 5) is 4.08. The van der Waals surface area contributed by atoms with Crippen molar-refractivity contribution in [1.29, 1.82) is 0 Å². The monoisotopic (exact) mass is 209 g/mol. The van der Waals surface area contributed by atoms with Gasteiger partial charge in [-0.05, 0) is 42.2 Å². The molecule has 80 valence electrons. The summed E-state index contributed by atoms with van der Waals surface area (Å²) in [5, 5.41) is 0. The SMILES string of the molecule is Cc1ccccc1/C=C\c1ccncc1C. The molecule has 1 aromatic heterocycles. The molecule has 0 radical (unpaired) electrons. The zero-order chi connectivity index (χ0) is 11.4. The van der Waals surface area contributed by atoms with E-state index in [1.807, 2.05) is 18.5 Å². The van der Waals surface area contributed by atoms with Crippen molar-refractivity contribution >= 4 is 12.2 Å². The van der Waals surface area contributed by atoms with E-state index in [2.05, 4.69) is 55.2 Å². The van der Waals surface area contributed by atoms with Crippen LogP contribution in [0.5, 0.6) is 0 Å². The lowest BCUT2D eigenvalue weighted by Gasteiger charge is -2.00. The van der Waals surface area contributed by atoms with Crippen molar-refractivity contribution in [3.8, 4) is 0 Å². The zero-order valence-electron chi connectivity index (χ0n) is 9.64. The Morgan fingerprint density at radius 1 is 0.875 bits per heavy atom. The minimum absolute atomic E-state index is 1.20. The molecule has 0 atom stereocenters. The lowest BCUT2D eigenvalue weighted by atomic mass is 10.1. The van der Waals surface area contributed by atoms with E-state index in [4.69, 9.17) is 0 Å². The van der Waals surface area contributed by atoms with Gasteiger partial charge in [-0.1, -0.05) is 36.4 Å². The van der Waals surface area contributed by atoms with Gasteiger partial charge >= 0.3 is 0 Å². The van der Waals surface area contributed by atoms with E-state index in [1.54, 1.807) is 0 Å². The summed E-state index contributed by atoms with van der Waals surface area (Å²) in [6.07, 6.45) is 8.00. The number of nitrogens with zero attached hydrogens (tertiary/aromatic N) is 1. The van der Waals surface area contributed by atoms with Gasteiger partial charge in [-0.15, -0.1) is 0 Å². The fourth-order valence-corrected chi connectivity index (χ4v) is 1.62. The van der Waals surface area contributed by atoms with E-state index >= 15 is 0 Å². The average molecular weight is 209 g/mol. The van der Waals surface area contributed by atoms with Crippen LogP contribution in [0.3, 0.4) is 0 Å². The maximum atomic E-state index is 4.08. The van der Waals surface area contributed by atoms with Crippen LogP contribution in [0.2, 0.25) is 0 Å². The Bertz CT molecular complexity index is 465. The highest BCUT2D eigenvalue weighted by Crippen LogP contribution is 2.13. The summed E-state index contributed by atoms with van der Waals surface area (Å²) < 4.78 is 0. The summed E-state index contributed by atoms with van der Waals surface area (Å²) in [5.74, 6) is 0. The molecule has 1 heteroatoms. The first-order valence-corrected chi connectivity index (χ1v) is 5.42. The lowest BCUT2D eigenvalue weighted by molar-refractivity contribution is 1.26. The number of benzene rings is 1. The summed E-state index contributed by atoms with van der Waals surface area (Å²) >= 11 is 0. The van der Waals surface area contributed by atoms with E-state index in [9.17, 15) is 0 Å². The van der Waals surface area contributed by atoms with Gasteiger partial charge in [0.25, 0.3) is 0 Å². The minimum Gasteiger partial charge on any atom is -0.264 e. The molecule has 0 bridgehead atoms. The number of hydrogen-bond acceptors (Lipinski definition) is 1. The Morgan fingerprint density at radius 2 is 1.56 bits per heavy atom. The molecule has 1 nitrogen and oxygen atoms in total. The Morgan fingerprint density at radius 3 is 2.25 bits per heavy atom. The molecule has 0 spiro atoms. The molecule has 2 rings (SSSR count). The van der Waals surface area contributed by atoms with Gasteiger partial charge in [0.2, 0.25) is 0 Å². The molecule has 0 fully saturated rings. The van der Waals surface area contributed by atoms with Gasteiger partial charge in [0, 0.05) is 12.4 Å². The minimum atomic E-state index is 1.20. The molecule has 0 aliphatic rings. The molecule has 0 aliphatic carbocycles. The van der Waals surface area contributed by atoms with Crippen molar-refractivity contribution in [2.75, 3.05) is 0 Å². The molecule has 1 heterocycles.